The zero-order valence-corrected chi connectivity index (χ0v) is 18.2. The Morgan fingerprint density at radius 2 is 1.21 bits per heavy atom. The van der Waals surface area contributed by atoms with Crippen LogP contribution in [0.25, 0.3) is 21.9 Å². The van der Waals surface area contributed by atoms with Crippen molar-refractivity contribution >= 4 is 45.4 Å². The van der Waals surface area contributed by atoms with Gasteiger partial charge < -0.3 is 29.8 Å². The fourth-order valence-electron chi connectivity index (χ4n) is 3.25. The number of hydrogen-bond donors (Lipinski definition) is 2. The van der Waals surface area contributed by atoms with Crippen molar-refractivity contribution in [3.8, 4) is 11.5 Å². The number of alkyl halides is 1. The van der Waals surface area contributed by atoms with E-state index in [0.717, 1.165) is 12.1 Å². The maximum atomic E-state index is 12.4. The molecule has 0 aliphatic heterocycles. The largest absolute Gasteiger partial charge is 0.491 e. The summed E-state index contributed by atoms with van der Waals surface area (Å²) < 4.78 is 22.1. The third kappa shape index (κ3) is 4.57. The lowest BCUT2D eigenvalue weighted by atomic mass is 10.2. The summed E-state index contributed by atoms with van der Waals surface area (Å²) >= 11 is 6.32. The predicted molar refractivity (Wildman–Crippen MR) is 123 cm³/mol. The molecule has 174 valence electrons. The molecule has 4 rings (SSSR count). The van der Waals surface area contributed by atoms with E-state index in [1.54, 1.807) is 24.3 Å². The molecular formula is C23H17ClN2O8. The summed E-state index contributed by atoms with van der Waals surface area (Å²) in [5, 5.41) is -0.414. The maximum absolute atomic E-state index is 12.4. The van der Waals surface area contributed by atoms with Crippen molar-refractivity contribution in [3.05, 3.63) is 80.5 Å². The van der Waals surface area contributed by atoms with Crippen molar-refractivity contribution in [1.29, 1.82) is 0 Å². The maximum Gasteiger partial charge on any atom is 0.284 e. The van der Waals surface area contributed by atoms with E-state index in [4.69, 9.17) is 41.4 Å². The summed E-state index contributed by atoms with van der Waals surface area (Å²) in [4.78, 5) is 47.5. The van der Waals surface area contributed by atoms with Crippen molar-refractivity contribution in [3.63, 3.8) is 0 Å². The smallest absolute Gasteiger partial charge is 0.284 e. The minimum atomic E-state index is -0.864. The van der Waals surface area contributed by atoms with Crippen molar-refractivity contribution < 1.29 is 27.9 Å². The topological polar surface area (TPSA) is 165 Å². The highest BCUT2D eigenvalue weighted by Gasteiger charge is 2.17. The van der Waals surface area contributed by atoms with Crippen LogP contribution in [0.3, 0.4) is 0 Å². The Labute approximate surface area is 195 Å². The number of hydrogen-bond acceptors (Lipinski definition) is 8. The van der Waals surface area contributed by atoms with Gasteiger partial charge in [0.15, 0.2) is 22.4 Å². The lowest BCUT2D eigenvalue weighted by Crippen LogP contribution is -2.21. The third-order valence-electron chi connectivity index (χ3n) is 4.76. The van der Waals surface area contributed by atoms with Gasteiger partial charge in [-0.3, -0.25) is 19.2 Å². The second-order valence-electron chi connectivity index (χ2n) is 7.16. The van der Waals surface area contributed by atoms with E-state index in [1.807, 2.05) is 0 Å². The number of ether oxygens (including phenoxy) is 2. The van der Waals surface area contributed by atoms with E-state index >= 15 is 0 Å². The van der Waals surface area contributed by atoms with E-state index in [9.17, 15) is 19.2 Å². The number of halogens is 1. The predicted octanol–water partition coefficient (Wildman–Crippen LogP) is 2.16. The van der Waals surface area contributed by atoms with Crippen LogP contribution < -0.4 is 31.8 Å². The molecule has 0 unspecified atom stereocenters. The fraction of sp³-hybridized carbons (Fsp3) is 0.130. The monoisotopic (exact) mass is 484 g/mol. The van der Waals surface area contributed by atoms with E-state index in [-0.39, 0.29) is 58.2 Å². The standard InChI is InChI=1S/C23H17ClN2O8/c24-11(9-31-14-3-1-5-16-20(14)12(27)7-18(33-16)22(25)29)10-32-15-4-2-6-17-21(15)13(28)8-19(34-17)23(26)30/h1-8,11H,9-10H2,(H2,25,29)(H2,26,30). The van der Waals surface area contributed by atoms with Gasteiger partial charge >= 0.3 is 0 Å². The SMILES string of the molecule is NC(=O)c1cc(=O)c2c(OCC(Cl)COc3cccc4oc(C(N)=O)cc(=O)c34)cccc2o1. The summed E-state index contributed by atoms with van der Waals surface area (Å²) in [5.41, 5.74) is 9.64. The summed E-state index contributed by atoms with van der Waals surface area (Å²) in [6.07, 6.45) is 0. The van der Waals surface area contributed by atoms with Crippen LogP contribution in [0.2, 0.25) is 0 Å². The van der Waals surface area contributed by atoms with Crippen LogP contribution in [0.4, 0.5) is 0 Å². The average molecular weight is 485 g/mol. The summed E-state index contributed by atoms with van der Waals surface area (Å²) in [7, 11) is 0. The van der Waals surface area contributed by atoms with Crippen molar-refractivity contribution in [2.75, 3.05) is 13.2 Å². The molecule has 0 saturated carbocycles. The van der Waals surface area contributed by atoms with Crippen molar-refractivity contribution in [2.24, 2.45) is 11.5 Å². The van der Waals surface area contributed by atoms with Crippen LogP contribution in [-0.2, 0) is 0 Å². The Kier molecular flexibility index (Phi) is 6.24. The lowest BCUT2D eigenvalue weighted by Gasteiger charge is -2.14. The first-order valence-electron chi connectivity index (χ1n) is 9.87. The summed E-state index contributed by atoms with van der Waals surface area (Å²) in [6, 6.07) is 11.3. The molecule has 0 bridgehead atoms. The number of primary amides is 2. The van der Waals surface area contributed by atoms with Gasteiger partial charge in [-0.1, -0.05) is 12.1 Å². The van der Waals surface area contributed by atoms with E-state index in [0.29, 0.717) is 0 Å². The van der Waals surface area contributed by atoms with E-state index in [2.05, 4.69) is 0 Å². The molecule has 2 amide bonds. The highest BCUT2D eigenvalue weighted by Crippen LogP contribution is 2.25. The van der Waals surface area contributed by atoms with Gasteiger partial charge in [-0.25, -0.2) is 0 Å². The number of carbonyl (C=O) groups excluding carboxylic acids is 2. The molecule has 2 heterocycles. The average Bonchev–Trinajstić information content (AvgIpc) is 2.80. The molecule has 0 fully saturated rings. The van der Waals surface area contributed by atoms with Gasteiger partial charge in [-0.05, 0) is 24.3 Å². The second kappa shape index (κ2) is 9.28. The minimum Gasteiger partial charge on any atom is -0.491 e. The van der Waals surface area contributed by atoms with Crippen LogP contribution in [0.5, 0.6) is 11.5 Å². The molecule has 0 radical (unpaired) electrons. The Morgan fingerprint density at radius 1 is 0.794 bits per heavy atom. The van der Waals surface area contributed by atoms with E-state index in [1.165, 1.54) is 12.1 Å². The van der Waals surface area contributed by atoms with Gasteiger partial charge in [0.25, 0.3) is 11.8 Å². The quantitative estimate of drug-likeness (QED) is 0.359. The van der Waals surface area contributed by atoms with Gasteiger partial charge in [-0.2, -0.15) is 0 Å². The number of rotatable bonds is 8. The lowest BCUT2D eigenvalue weighted by molar-refractivity contribution is 0.0967. The molecule has 0 saturated heterocycles. The van der Waals surface area contributed by atoms with Crippen LogP contribution in [0.1, 0.15) is 21.1 Å². The highest BCUT2D eigenvalue weighted by molar-refractivity contribution is 6.20. The number of fused-ring (bicyclic) bond motifs is 2. The molecule has 2 aromatic heterocycles. The Balaban J connectivity index is 1.49. The first kappa shape index (κ1) is 22.9. The molecule has 11 heteroatoms. The molecule has 0 spiro atoms. The van der Waals surface area contributed by atoms with Crippen LogP contribution in [0.15, 0.2) is 67.0 Å². The first-order valence-corrected chi connectivity index (χ1v) is 10.3. The zero-order valence-electron chi connectivity index (χ0n) is 17.4. The Hall–Kier alpha value is -4.31. The molecule has 4 N–H and O–H groups in total. The van der Waals surface area contributed by atoms with Crippen LogP contribution in [0, 0.1) is 0 Å². The van der Waals surface area contributed by atoms with Gasteiger partial charge in [-0.15, -0.1) is 11.6 Å². The molecule has 0 aliphatic rings. The number of amides is 2. The van der Waals surface area contributed by atoms with Gasteiger partial charge in [0.1, 0.15) is 52.0 Å². The van der Waals surface area contributed by atoms with Crippen LogP contribution in [-0.4, -0.2) is 30.4 Å². The van der Waals surface area contributed by atoms with E-state index < -0.39 is 28.0 Å². The molecule has 10 nitrogen and oxygen atoms in total. The number of nitrogens with two attached hydrogens (primary N) is 2. The number of benzene rings is 2. The van der Waals surface area contributed by atoms with Gasteiger partial charge in [0.2, 0.25) is 0 Å². The van der Waals surface area contributed by atoms with Crippen molar-refractivity contribution in [1.82, 2.24) is 0 Å². The first-order chi connectivity index (χ1) is 16.2. The molecule has 0 aliphatic carbocycles. The Bertz CT molecular complexity index is 1430. The summed E-state index contributed by atoms with van der Waals surface area (Å²) in [5.74, 6) is -1.84. The fourth-order valence-corrected chi connectivity index (χ4v) is 3.37. The summed E-state index contributed by atoms with van der Waals surface area (Å²) in [6.45, 7) is -0.105. The third-order valence-corrected chi connectivity index (χ3v) is 5.01. The Morgan fingerprint density at radius 3 is 1.59 bits per heavy atom. The highest BCUT2D eigenvalue weighted by atomic mass is 35.5. The molecule has 4 aromatic rings. The normalized spacial score (nSPS) is 11.1. The van der Waals surface area contributed by atoms with Crippen molar-refractivity contribution in [2.45, 2.75) is 5.38 Å². The molecule has 2 aromatic carbocycles. The van der Waals surface area contributed by atoms with Crippen LogP contribution >= 0.6 is 11.6 Å². The molecular weight excluding hydrogens is 468 g/mol. The minimum absolute atomic E-state index is 0.0527. The zero-order chi connectivity index (χ0) is 24.4. The van der Waals surface area contributed by atoms with Gasteiger partial charge in [0.05, 0.1) is 0 Å². The second-order valence-corrected chi connectivity index (χ2v) is 7.77. The number of carbonyl (C=O) groups is 2. The molecule has 0 atom stereocenters. The van der Waals surface area contributed by atoms with Gasteiger partial charge in [0, 0.05) is 12.1 Å². The molecule has 34 heavy (non-hydrogen) atoms.